The number of hydrogen-bond donors (Lipinski definition) is 0. The number of nitrogens with zero attached hydrogens (tertiary/aromatic N) is 1. The molecule has 1 aliphatic rings. The Hall–Kier alpha value is -0.990. The van der Waals surface area contributed by atoms with Gasteiger partial charge in [0, 0.05) is 24.9 Å². The molecular formula is C18H31F2N. The van der Waals surface area contributed by atoms with Crippen LogP contribution in [0, 0.1) is 5.92 Å². The molecule has 2 rings (SSSR count). The van der Waals surface area contributed by atoms with E-state index in [-0.39, 0.29) is 11.5 Å². The molecule has 1 fully saturated rings. The second kappa shape index (κ2) is 9.86. The summed E-state index contributed by atoms with van der Waals surface area (Å²) in [6.07, 6.45) is 7.38. The molecule has 0 aliphatic heterocycles. The fourth-order valence-corrected chi connectivity index (χ4v) is 2.70. The molecule has 0 aromatic carbocycles. The first-order valence-corrected chi connectivity index (χ1v) is 8.30. The normalized spacial score (nSPS) is 21.5. The van der Waals surface area contributed by atoms with Crippen LogP contribution in [0.25, 0.3) is 0 Å². The van der Waals surface area contributed by atoms with Gasteiger partial charge in [0.25, 0.3) is 5.92 Å². The molecule has 1 heterocycles. The highest BCUT2D eigenvalue weighted by Gasteiger charge is 2.31. The van der Waals surface area contributed by atoms with Gasteiger partial charge in [-0.1, -0.05) is 47.5 Å². The maximum Gasteiger partial charge on any atom is 0.270 e. The smallest absolute Gasteiger partial charge is 0.264 e. The molecule has 0 spiro atoms. The number of pyridine rings is 1. The van der Waals surface area contributed by atoms with Crippen LogP contribution in [0.1, 0.15) is 84.3 Å². The van der Waals surface area contributed by atoms with Gasteiger partial charge in [-0.25, -0.2) is 8.78 Å². The van der Waals surface area contributed by atoms with Gasteiger partial charge >= 0.3 is 0 Å². The van der Waals surface area contributed by atoms with Crippen molar-refractivity contribution in [3.8, 4) is 0 Å². The maximum atomic E-state index is 13.5. The molecule has 0 atom stereocenters. The zero-order valence-electron chi connectivity index (χ0n) is 14.4. The van der Waals surface area contributed by atoms with E-state index in [0.717, 1.165) is 44.1 Å². The van der Waals surface area contributed by atoms with Crippen molar-refractivity contribution < 1.29 is 8.78 Å². The zero-order valence-corrected chi connectivity index (χ0v) is 14.4. The maximum absolute atomic E-state index is 13.5. The second-order valence-corrected chi connectivity index (χ2v) is 5.31. The van der Waals surface area contributed by atoms with Gasteiger partial charge in [-0.3, -0.25) is 4.98 Å². The SMILES string of the molecule is CC.CC.CC1CCC(c2cnccc2C(C)(F)F)CC1. The summed E-state index contributed by atoms with van der Waals surface area (Å²) >= 11 is 0. The minimum Gasteiger partial charge on any atom is -0.264 e. The number of halogens is 2. The number of rotatable bonds is 2. The lowest BCUT2D eigenvalue weighted by Crippen LogP contribution is -2.17. The van der Waals surface area contributed by atoms with Crippen LogP contribution in [-0.2, 0) is 5.92 Å². The van der Waals surface area contributed by atoms with Crippen molar-refractivity contribution in [2.24, 2.45) is 5.92 Å². The third-order valence-corrected chi connectivity index (χ3v) is 3.78. The first-order chi connectivity index (χ1) is 9.98. The van der Waals surface area contributed by atoms with Crippen LogP contribution >= 0.6 is 0 Å². The average Bonchev–Trinajstić information content (AvgIpc) is 2.51. The minimum absolute atomic E-state index is 0.159. The first kappa shape index (κ1) is 20.0. The second-order valence-electron chi connectivity index (χ2n) is 5.31. The molecular weight excluding hydrogens is 268 g/mol. The Morgan fingerprint density at radius 2 is 1.57 bits per heavy atom. The van der Waals surface area contributed by atoms with Gasteiger partial charge in [0.05, 0.1) is 0 Å². The van der Waals surface area contributed by atoms with Gasteiger partial charge in [-0.05, 0) is 36.3 Å². The summed E-state index contributed by atoms with van der Waals surface area (Å²) in [5.41, 5.74) is 0.916. The summed E-state index contributed by atoms with van der Waals surface area (Å²) < 4.78 is 27.0. The van der Waals surface area contributed by atoms with E-state index in [1.165, 1.54) is 12.3 Å². The molecule has 1 aliphatic carbocycles. The molecule has 0 unspecified atom stereocenters. The molecule has 0 bridgehead atoms. The Bertz CT molecular complexity index is 377. The lowest BCUT2D eigenvalue weighted by molar-refractivity contribution is 0.0158. The molecule has 1 saturated carbocycles. The van der Waals surface area contributed by atoms with E-state index in [4.69, 9.17) is 0 Å². The highest BCUT2D eigenvalue weighted by molar-refractivity contribution is 5.30. The van der Waals surface area contributed by atoms with Crippen LogP contribution in [-0.4, -0.2) is 4.98 Å². The molecule has 21 heavy (non-hydrogen) atoms. The Morgan fingerprint density at radius 1 is 1.05 bits per heavy atom. The number of alkyl halides is 2. The lowest BCUT2D eigenvalue weighted by Gasteiger charge is -2.28. The summed E-state index contributed by atoms with van der Waals surface area (Å²) in [7, 11) is 0. The van der Waals surface area contributed by atoms with Crippen molar-refractivity contribution in [3.05, 3.63) is 29.6 Å². The van der Waals surface area contributed by atoms with Crippen molar-refractivity contribution >= 4 is 0 Å². The third kappa shape index (κ3) is 6.11. The monoisotopic (exact) mass is 299 g/mol. The quantitative estimate of drug-likeness (QED) is 0.604. The summed E-state index contributed by atoms with van der Waals surface area (Å²) in [4.78, 5) is 4.02. The number of aromatic nitrogens is 1. The summed E-state index contributed by atoms with van der Waals surface area (Å²) in [6, 6.07) is 1.47. The highest BCUT2D eigenvalue weighted by atomic mass is 19.3. The van der Waals surface area contributed by atoms with Crippen LogP contribution in [0.3, 0.4) is 0 Å². The highest BCUT2D eigenvalue weighted by Crippen LogP contribution is 2.40. The van der Waals surface area contributed by atoms with E-state index < -0.39 is 5.92 Å². The minimum atomic E-state index is -2.76. The molecule has 3 heteroatoms. The van der Waals surface area contributed by atoms with Crippen LogP contribution in [0.2, 0.25) is 0 Å². The van der Waals surface area contributed by atoms with Crippen molar-refractivity contribution in [2.45, 2.75) is 79.1 Å². The van der Waals surface area contributed by atoms with Crippen molar-refractivity contribution in [1.29, 1.82) is 0 Å². The molecule has 0 N–H and O–H groups in total. The van der Waals surface area contributed by atoms with Gasteiger partial charge in [-0.15, -0.1) is 0 Å². The van der Waals surface area contributed by atoms with E-state index >= 15 is 0 Å². The fourth-order valence-electron chi connectivity index (χ4n) is 2.70. The Balaban J connectivity index is 0.000000921. The topological polar surface area (TPSA) is 12.9 Å². The van der Waals surface area contributed by atoms with Gasteiger partial charge in [0.15, 0.2) is 0 Å². The van der Waals surface area contributed by atoms with Gasteiger partial charge in [0.2, 0.25) is 0 Å². The molecule has 0 radical (unpaired) electrons. The van der Waals surface area contributed by atoms with Crippen molar-refractivity contribution in [1.82, 2.24) is 4.98 Å². The van der Waals surface area contributed by atoms with Crippen LogP contribution in [0.15, 0.2) is 18.5 Å². The average molecular weight is 299 g/mol. The Labute approximate surface area is 129 Å². The molecule has 1 aromatic heterocycles. The number of hydrogen-bond acceptors (Lipinski definition) is 1. The van der Waals surface area contributed by atoms with Gasteiger partial charge < -0.3 is 0 Å². The Kier molecular flexibility index (Phi) is 9.39. The molecule has 0 amide bonds. The summed E-state index contributed by atoms with van der Waals surface area (Å²) in [6.45, 7) is 11.2. The largest absolute Gasteiger partial charge is 0.270 e. The first-order valence-electron chi connectivity index (χ1n) is 8.30. The molecule has 1 aromatic rings. The van der Waals surface area contributed by atoms with Gasteiger partial charge in [0.1, 0.15) is 0 Å². The van der Waals surface area contributed by atoms with E-state index in [9.17, 15) is 8.78 Å². The standard InChI is InChI=1S/C14H19F2N.2C2H6/c1-10-3-5-11(6-4-10)12-9-17-8-7-13(12)14(2,15)16;2*1-2/h7-11H,3-6H2,1-2H3;2*1-2H3. The Morgan fingerprint density at radius 3 is 2.05 bits per heavy atom. The van der Waals surface area contributed by atoms with Crippen molar-refractivity contribution in [3.63, 3.8) is 0 Å². The van der Waals surface area contributed by atoms with Crippen LogP contribution in [0.4, 0.5) is 8.78 Å². The fraction of sp³-hybridized carbons (Fsp3) is 0.722. The zero-order chi connectivity index (χ0) is 16.5. The molecule has 122 valence electrons. The van der Waals surface area contributed by atoms with E-state index in [1.807, 2.05) is 27.7 Å². The van der Waals surface area contributed by atoms with E-state index in [0.29, 0.717) is 0 Å². The summed E-state index contributed by atoms with van der Waals surface area (Å²) in [5.74, 6) is -1.77. The van der Waals surface area contributed by atoms with E-state index in [2.05, 4.69) is 11.9 Å². The molecule has 1 nitrogen and oxygen atoms in total. The van der Waals surface area contributed by atoms with E-state index in [1.54, 1.807) is 6.20 Å². The third-order valence-electron chi connectivity index (χ3n) is 3.78. The van der Waals surface area contributed by atoms with Gasteiger partial charge in [-0.2, -0.15) is 0 Å². The van der Waals surface area contributed by atoms with Crippen LogP contribution < -0.4 is 0 Å². The molecule has 0 saturated heterocycles. The van der Waals surface area contributed by atoms with Crippen LogP contribution in [0.5, 0.6) is 0 Å². The predicted octanol–water partition coefficient (Wildman–Crippen LogP) is 6.54. The van der Waals surface area contributed by atoms with Crippen molar-refractivity contribution in [2.75, 3.05) is 0 Å². The summed E-state index contributed by atoms with van der Waals surface area (Å²) in [5, 5.41) is 0. The lowest BCUT2D eigenvalue weighted by atomic mass is 9.78. The predicted molar refractivity (Wildman–Crippen MR) is 86.9 cm³/mol.